The highest BCUT2D eigenvalue weighted by atomic mass is 16.4. The third-order valence-corrected chi connectivity index (χ3v) is 2.76. The Hall–Kier alpha value is -1.10. The zero-order chi connectivity index (χ0) is 11.6. The van der Waals surface area contributed by atoms with Gasteiger partial charge in [-0.15, -0.1) is 0 Å². The summed E-state index contributed by atoms with van der Waals surface area (Å²) in [6.07, 6.45) is 0. The van der Waals surface area contributed by atoms with Crippen LogP contribution in [0.1, 0.15) is 13.8 Å². The van der Waals surface area contributed by atoms with Crippen molar-refractivity contribution in [3.8, 4) is 0 Å². The van der Waals surface area contributed by atoms with Gasteiger partial charge in [0, 0.05) is 20.1 Å². The summed E-state index contributed by atoms with van der Waals surface area (Å²) in [6, 6.07) is -0.553. The van der Waals surface area contributed by atoms with E-state index in [2.05, 4.69) is 0 Å². The second-order valence-electron chi connectivity index (χ2n) is 4.31. The molecule has 1 amide bonds. The summed E-state index contributed by atoms with van der Waals surface area (Å²) < 4.78 is 0. The molecule has 5 nitrogen and oxygen atoms in total. The van der Waals surface area contributed by atoms with Gasteiger partial charge in [-0.25, -0.2) is 0 Å². The normalized spacial score (nSPS) is 20.8. The fourth-order valence-electron chi connectivity index (χ4n) is 1.88. The summed E-state index contributed by atoms with van der Waals surface area (Å²) >= 11 is 0. The van der Waals surface area contributed by atoms with Gasteiger partial charge in [0.15, 0.2) is 0 Å². The van der Waals surface area contributed by atoms with Gasteiger partial charge in [0.1, 0.15) is 6.04 Å². The summed E-state index contributed by atoms with van der Waals surface area (Å²) in [6.45, 7) is 5.18. The summed E-state index contributed by atoms with van der Waals surface area (Å²) in [5.41, 5.74) is 0. The Morgan fingerprint density at radius 2 is 2.00 bits per heavy atom. The fourth-order valence-corrected chi connectivity index (χ4v) is 1.88. The van der Waals surface area contributed by atoms with Gasteiger partial charge >= 0.3 is 5.97 Å². The highest BCUT2D eigenvalue weighted by molar-refractivity contribution is 5.80. The maximum absolute atomic E-state index is 11.4. The third-order valence-electron chi connectivity index (χ3n) is 2.76. The van der Waals surface area contributed by atoms with Crippen LogP contribution in [0.2, 0.25) is 0 Å². The van der Waals surface area contributed by atoms with Gasteiger partial charge in [-0.1, -0.05) is 13.8 Å². The minimum atomic E-state index is -0.845. The lowest BCUT2D eigenvalue weighted by molar-refractivity contribution is -0.148. The number of nitrogens with zero attached hydrogens (tertiary/aromatic N) is 2. The standard InChI is InChI=1S/C10H18N2O3/c1-7(2)9(10(14)15)12-5-4-11(3)8(13)6-12/h7,9H,4-6H2,1-3H3,(H,14,15). The lowest BCUT2D eigenvalue weighted by atomic mass is 10.0. The Bertz CT molecular complexity index is 265. The highest BCUT2D eigenvalue weighted by Gasteiger charge is 2.33. The van der Waals surface area contributed by atoms with Crippen molar-refractivity contribution in [3.63, 3.8) is 0 Å². The molecule has 0 spiro atoms. The van der Waals surface area contributed by atoms with Crippen molar-refractivity contribution >= 4 is 11.9 Å². The first-order chi connectivity index (χ1) is 6.93. The van der Waals surface area contributed by atoms with Gasteiger partial charge in [-0.3, -0.25) is 14.5 Å². The molecule has 5 heteroatoms. The number of carbonyl (C=O) groups is 2. The lowest BCUT2D eigenvalue weighted by Gasteiger charge is -2.37. The number of piperazine rings is 1. The molecule has 1 N–H and O–H groups in total. The number of hydrogen-bond donors (Lipinski definition) is 1. The average molecular weight is 214 g/mol. The van der Waals surface area contributed by atoms with Crippen LogP contribution in [0.3, 0.4) is 0 Å². The van der Waals surface area contributed by atoms with E-state index in [1.807, 2.05) is 13.8 Å². The number of aliphatic carboxylic acids is 1. The van der Waals surface area contributed by atoms with Gasteiger partial charge in [0.05, 0.1) is 6.54 Å². The van der Waals surface area contributed by atoms with Crippen LogP contribution in [0.15, 0.2) is 0 Å². The van der Waals surface area contributed by atoms with Crippen LogP contribution < -0.4 is 0 Å². The second kappa shape index (κ2) is 4.61. The second-order valence-corrected chi connectivity index (χ2v) is 4.31. The van der Waals surface area contributed by atoms with E-state index >= 15 is 0 Å². The van der Waals surface area contributed by atoms with Gasteiger partial charge < -0.3 is 10.0 Å². The molecule has 0 saturated carbocycles. The van der Waals surface area contributed by atoms with Gasteiger partial charge in [0.2, 0.25) is 5.91 Å². The topological polar surface area (TPSA) is 60.9 Å². The van der Waals surface area contributed by atoms with Gasteiger partial charge in [-0.2, -0.15) is 0 Å². The maximum Gasteiger partial charge on any atom is 0.321 e. The zero-order valence-corrected chi connectivity index (χ0v) is 9.43. The predicted molar refractivity (Wildman–Crippen MR) is 55.5 cm³/mol. The highest BCUT2D eigenvalue weighted by Crippen LogP contribution is 2.14. The van der Waals surface area contributed by atoms with E-state index in [1.54, 1.807) is 16.8 Å². The van der Waals surface area contributed by atoms with Crippen LogP contribution in [0, 0.1) is 5.92 Å². The van der Waals surface area contributed by atoms with E-state index in [0.29, 0.717) is 13.1 Å². The number of carboxylic acid groups (broad SMARTS) is 1. The largest absolute Gasteiger partial charge is 0.480 e. The minimum Gasteiger partial charge on any atom is -0.480 e. The maximum atomic E-state index is 11.4. The third kappa shape index (κ3) is 2.68. The molecule has 1 aliphatic rings. The molecule has 1 atom stereocenters. The van der Waals surface area contributed by atoms with E-state index < -0.39 is 12.0 Å². The molecule has 0 aliphatic carbocycles. The van der Waals surface area contributed by atoms with E-state index in [9.17, 15) is 9.59 Å². The van der Waals surface area contributed by atoms with Crippen molar-refractivity contribution in [3.05, 3.63) is 0 Å². The van der Waals surface area contributed by atoms with Gasteiger partial charge in [-0.05, 0) is 5.92 Å². The number of amides is 1. The van der Waals surface area contributed by atoms with Crippen molar-refractivity contribution in [2.45, 2.75) is 19.9 Å². The van der Waals surface area contributed by atoms with E-state index in [1.165, 1.54) is 0 Å². The summed E-state index contributed by atoms with van der Waals surface area (Å²) in [5.74, 6) is -0.839. The first kappa shape index (κ1) is 12.0. The Kier molecular flexibility index (Phi) is 3.68. The Morgan fingerprint density at radius 1 is 1.40 bits per heavy atom. The SMILES string of the molecule is CC(C)C(C(=O)O)N1CCN(C)C(=O)C1. The Morgan fingerprint density at radius 3 is 2.40 bits per heavy atom. The summed E-state index contributed by atoms with van der Waals surface area (Å²) in [5, 5.41) is 9.08. The minimum absolute atomic E-state index is 0.00634. The Balaban J connectivity index is 2.70. The van der Waals surface area contributed by atoms with Crippen molar-refractivity contribution in [2.24, 2.45) is 5.92 Å². The number of carboxylic acids is 1. The first-order valence-electron chi connectivity index (χ1n) is 5.14. The molecule has 1 unspecified atom stereocenters. The Labute approximate surface area is 89.7 Å². The van der Waals surface area contributed by atoms with Crippen molar-refractivity contribution in [1.82, 2.24) is 9.80 Å². The molecule has 1 saturated heterocycles. The van der Waals surface area contributed by atoms with E-state index in [-0.39, 0.29) is 18.4 Å². The molecule has 1 heterocycles. The smallest absolute Gasteiger partial charge is 0.321 e. The monoisotopic (exact) mass is 214 g/mol. The molecule has 86 valence electrons. The number of hydrogen-bond acceptors (Lipinski definition) is 3. The molecule has 0 aromatic rings. The van der Waals surface area contributed by atoms with Crippen LogP contribution >= 0.6 is 0 Å². The molecule has 1 fully saturated rings. The van der Waals surface area contributed by atoms with Crippen molar-refractivity contribution in [2.75, 3.05) is 26.7 Å². The average Bonchev–Trinajstić information content (AvgIpc) is 2.10. The zero-order valence-electron chi connectivity index (χ0n) is 9.43. The number of likely N-dealkylation sites (N-methyl/N-ethyl adjacent to an activating group) is 1. The first-order valence-corrected chi connectivity index (χ1v) is 5.14. The lowest BCUT2D eigenvalue weighted by Crippen LogP contribution is -2.55. The summed E-state index contributed by atoms with van der Waals surface area (Å²) in [7, 11) is 1.74. The quantitative estimate of drug-likeness (QED) is 0.711. The molecule has 15 heavy (non-hydrogen) atoms. The van der Waals surface area contributed by atoms with Crippen LogP contribution in [-0.4, -0.2) is 59.5 Å². The predicted octanol–water partition coefficient (Wildman–Crippen LogP) is -0.130. The molecular weight excluding hydrogens is 196 g/mol. The van der Waals surface area contributed by atoms with E-state index in [4.69, 9.17) is 5.11 Å². The van der Waals surface area contributed by atoms with Crippen LogP contribution in [-0.2, 0) is 9.59 Å². The molecular formula is C10H18N2O3. The molecule has 0 bridgehead atoms. The summed E-state index contributed by atoms with van der Waals surface area (Å²) in [4.78, 5) is 25.9. The molecule has 0 aromatic carbocycles. The fraction of sp³-hybridized carbons (Fsp3) is 0.800. The molecule has 1 aliphatic heterocycles. The van der Waals surface area contributed by atoms with Crippen LogP contribution in [0.4, 0.5) is 0 Å². The molecule has 0 aromatic heterocycles. The number of rotatable bonds is 3. The van der Waals surface area contributed by atoms with Crippen LogP contribution in [0.5, 0.6) is 0 Å². The number of carbonyl (C=O) groups excluding carboxylic acids is 1. The molecule has 0 radical (unpaired) electrons. The molecule has 1 rings (SSSR count). The van der Waals surface area contributed by atoms with Crippen molar-refractivity contribution < 1.29 is 14.7 Å². The van der Waals surface area contributed by atoms with Crippen LogP contribution in [0.25, 0.3) is 0 Å². The van der Waals surface area contributed by atoms with E-state index in [0.717, 1.165) is 0 Å². The van der Waals surface area contributed by atoms with Crippen molar-refractivity contribution in [1.29, 1.82) is 0 Å². The van der Waals surface area contributed by atoms with Gasteiger partial charge in [0.25, 0.3) is 0 Å².